The third-order valence-corrected chi connectivity index (χ3v) is 3.80. The van der Waals surface area contributed by atoms with Crippen molar-refractivity contribution < 1.29 is 27.1 Å². The van der Waals surface area contributed by atoms with Gasteiger partial charge in [0.05, 0.1) is 17.7 Å². The van der Waals surface area contributed by atoms with Crippen LogP contribution in [0.4, 0.5) is 17.6 Å². The highest BCUT2D eigenvalue weighted by Gasteiger charge is 2.30. The molecule has 0 aliphatic heterocycles. The minimum Gasteiger partial charge on any atom is -0.383 e. The van der Waals surface area contributed by atoms with Crippen LogP contribution in [0.15, 0.2) is 42.5 Å². The molecule has 0 radical (unpaired) electrons. The zero-order valence-corrected chi connectivity index (χ0v) is 14.7. The fraction of sp³-hybridized carbons (Fsp3) is 0.316. The van der Waals surface area contributed by atoms with Gasteiger partial charge in [0.25, 0.3) is 5.91 Å². The van der Waals surface area contributed by atoms with Gasteiger partial charge in [-0.1, -0.05) is 18.2 Å². The van der Waals surface area contributed by atoms with Gasteiger partial charge in [-0.3, -0.25) is 4.79 Å². The number of nitrogens with one attached hydrogen (secondary N) is 2. The quantitative estimate of drug-likeness (QED) is 0.541. The van der Waals surface area contributed by atoms with Crippen LogP contribution >= 0.6 is 0 Å². The van der Waals surface area contributed by atoms with Crippen LogP contribution in [0.1, 0.15) is 15.9 Å². The van der Waals surface area contributed by atoms with E-state index < -0.39 is 23.5 Å². The van der Waals surface area contributed by atoms with Gasteiger partial charge in [0.2, 0.25) is 0 Å². The number of alkyl halides is 3. The number of hydrogen-bond donors (Lipinski definition) is 2. The monoisotopic (exact) mass is 384 g/mol. The van der Waals surface area contributed by atoms with Crippen LogP contribution in [0.25, 0.3) is 11.1 Å². The van der Waals surface area contributed by atoms with Crippen molar-refractivity contribution in [1.29, 1.82) is 0 Å². The van der Waals surface area contributed by atoms with E-state index in [-0.39, 0.29) is 23.2 Å². The summed E-state index contributed by atoms with van der Waals surface area (Å²) in [7, 11) is 1.57. The van der Waals surface area contributed by atoms with Crippen molar-refractivity contribution in [3.05, 3.63) is 59.4 Å². The first-order valence-corrected chi connectivity index (χ1v) is 8.28. The molecule has 0 bridgehead atoms. The molecular weight excluding hydrogens is 364 g/mol. The van der Waals surface area contributed by atoms with E-state index in [1.54, 1.807) is 7.11 Å². The molecule has 2 aromatic rings. The number of halogens is 4. The Balaban J connectivity index is 2.18. The molecule has 27 heavy (non-hydrogen) atoms. The number of benzene rings is 2. The SMILES string of the molecule is COCCNCCNC(=O)c1cc(F)ccc1-c1cccc(C(F)(F)F)c1. The molecule has 0 heterocycles. The Bertz CT molecular complexity index is 779. The number of carbonyl (C=O) groups excluding carboxylic acids is 1. The summed E-state index contributed by atoms with van der Waals surface area (Å²) in [5, 5.41) is 5.66. The molecule has 2 N–H and O–H groups in total. The Labute approximate surface area is 154 Å². The van der Waals surface area contributed by atoms with Gasteiger partial charge >= 0.3 is 6.18 Å². The van der Waals surface area contributed by atoms with Crippen molar-refractivity contribution in [2.24, 2.45) is 0 Å². The predicted molar refractivity (Wildman–Crippen MR) is 93.9 cm³/mol. The third kappa shape index (κ3) is 6.04. The van der Waals surface area contributed by atoms with E-state index in [4.69, 9.17) is 4.74 Å². The van der Waals surface area contributed by atoms with E-state index in [0.717, 1.165) is 24.3 Å². The second kappa shape index (κ2) is 9.48. The van der Waals surface area contributed by atoms with E-state index in [2.05, 4.69) is 10.6 Å². The van der Waals surface area contributed by atoms with Gasteiger partial charge in [0, 0.05) is 26.7 Å². The smallest absolute Gasteiger partial charge is 0.383 e. The lowest BCUT2D eigenvalue weighted by Crippen LogP contribution is -2.33. The zero-order chi connectivity index (χ0) is 19.9. The van der Waals surface area contributed by atoms with Crippen LogP contribution in [0.3, 0.4) is 0 Å². The topological polar surface area (TPSA) is 50.4 Å². The standard InChI is InChI=1S/C19H20F4N2O2/c1-27-10-9-24-7-8-25-18(26)17-12-15(20)5-6-16(17)13-3-2-4-14(11-13)19(21,22)23/h2-6,11-12,24H,7-10H2,1H3,(H,25,26). The highest BCUT2D eigenvalue weighted by Crippen LogP contribution is 2.33. The number of amides is 1. The largest absolute Gasteiger partial charge is 0.416 e. The summed E-state index contributed by atoms with van der Waals surface area (Å²) in [6.07, 6.45) is -4.51. The second-order valence-electron chi connectivity index (χ2n) is 5.77. The summed E-state index contributed by atoms with van der Waals surface area (Å²) in [6, 6.07) is 8.02. The van der Waals surface area contributed by atoms with Gasteiger partial charge in [-0.05, 0) is 35.4 Å². The van der Waals surface area contributed by atoms with E-state index in [9.17, 15) is 22.4 Å². The zero-order valence-electron chi connectivity index (χ0n) is 14.7. The molecule has 1 amide bonds. The fourth-order valence-corrected chi connectivity index (χ4v) is 2.48. The van der Waals surface area contributed by atoms with Crippen LogP contribution in [0, 0.1) is 5.82 Å². The highest BCUT2D eigenvalue weighted by molar-refractivity contribution is 6.00. The molecule has 0 aliphatic rings. The summed E-state index contributed by atoms with van der Waals surface area (Å²) < 4.78 is 57.3. The summed E-state index contributed by atoms with van der Waals surface area (Å²) in [6.45, 7) is 1.89. The van der Waals surface area contributed by atoms with E-state index in [1.165, 1.54) is 18.2 Å². The molecule has 0 fully saturated rings. The van der Waals surface area contributed by atoms with Gasteiger partial charge in [0.15, 0.2) is 0 Å². The number of ether oxygens (including phenoxy) is 1. The lowest BCUT2D eigenvalue weighted by atomic mass is 9.97. The van der Waals surface area contributed by atoms with Crippen LogP contribution in [-0.4, -0.2) is 39.3 Å². The summed E-state index contributed by atoms with van der Waals surface area (Å²) in [4.78, 5) is 12.4. The summed E-state index contributed by atoms with van der Waals surface area (Å²) in [5.41, 5.74) is -0.440. The molecule has 2 aromatic carbocycles. The first-order valence-electron chi connectivity index (χ1n) is 8.28. The van der Waals surface area contributed by atoms with Crippen molar-refractivity contribution in [2.75, 3.05) is 33.4 Å². The van der Waals surface area contributed by atoms with Crippen molar-refractivity contribution >= 4 is 5.91 Å². The lowest BCUT2D eigenvalue weighted by Gasteiger charge is -2.13. The Kier molecular flexibility index (Phi) is 7.32. The highest BCUT2D eigenvalue weighted by atomic mass is 19.4. The predicted octanol–water partition coefficient (Wildman–Crippen LogP) is 3.48. The Morgan fingerprint density at radius 2 is 1.85 bits per heavy atom. The molecule has 8 heteroatoms. The van der Waals surface area contributed by atoms with Crippen molar-refractivity contribution in [1.82, 2.24) is 10.6 Å². The number of carbonyl (C=O) groups is 1. The van der Waals surface area contributed by atoms with Gasteiger partial charge < -0.3 is 15.4 Å². The number of methoxy groups -OCH3 is 1. The van der Waals surface area contributed by atoms with Crippen molar-refractivity contribution in [3.8, 4) is 11.1 Å². The number of rotatable bonds is 8. The van der Waals surface area contributed by atoms with Gasteiger partial charge in [-0.15, -0.1) is 0 Å². The maximum absolute atomic E-state index is 13.6. The lowest BCUT2D eigenvalue weighted by molar-refractivity contribution is -0.137. The Morgan fingerprint density at radius 1 is 1.07 bits per heavy atom. The minimum atomic E-state index is -4.51. The molecule has 0 aromatic heterocycles. The molecule has 146 valence electrons. The molecular formula is C19H20F4N2O2. The van der Waals surface area contributed by atoms with Gasteiger partial charge in [-0.2, -0.15) is 13.2 Å². The van der Waals surface area contributed by atoms with Crippen LogP contribution < -0.4 is 10.6 Å². The van der Waals surface area contributed by atoms with Crippen molar-refractivity contribution in [2.45, 2.75) is 6.18 Å². The number of hydrogen-bond acceptors (Lipinski definition) is 3. The molecule has 0 saturated carbocycles. The average molecular weight is 384 g/mol. The van der Waals surface area contributed by atoms with Crippen LogP contribution in [-0.2, 0) is 10.9 Å². The first-order chi connectivity index (χ1) is 12.8. The van der Waals surface area contributed by atoms with E-state index in [0.29, 0.717) is 19.7 Å². The van der Waals surface area contributed by atoms with Crippen LogP contribution in [0.5, 0.6) is 0 Å². The summed E-state index contributed by atoms with van der Waals surface area (Å²) in [5.74, 6) is -1.20. The fourth-order valence-electron chi connectivity index (χ4n) is 2.48. The summed E-state index contributed by atoms with van der Waals surface area (Å²) >= 11 is 0. The molecule has 0 unspecified atom stereocenters. The van der Waals surface area contributed by atoms with Crippen LogP contribution in [0.2, 0.25) is 0 Å². The van der Waals surface area contributed by atoms with Crippen molar-refractivity contribution in [3.63, 3.8) is 0 Å². The molecule has 4 nitrogen and oxygen atoms in total. The minimum absolute atomic E-state index is 0.0220. The molecule has 2 rings (SSSR count). The normalized spacial score (nSPS) is 11.4. The third-order valence-electron chi connectivity index (χ3n) is 3.80. The Morgan fingerprint density at radius 3 is 2.56 bits per heavy atom. The molecule has 0 spiro atoms. The first kappa shape index (κ1) is 20.9. The average Bonchev–Trinajstić information content (AvgIpc) is 2.63. The second-order valence-corrected chi connectivity index (χ2v) is 5.77. The van der Waals surface area contributed by atoms with E-state index >= 15 is 0 Å². The molecule has 0 saturated heterocycles. The Hall–Kier alpha value is -2.45. The van der Waals surface area contributed by atoms with Gasteiger partial charge in [-0.25, -0.2) is 4.39 Å². The van der Waals surface area contributed by atoms with Gasteiger partial charge in [0.1, 0.15) is 5.82 Å². The molecule has 0 aliphatic carbocycles. The van der Waals surface area contributed by atoms with E-state index in [1.807, 2.05) is 0 Å². The molecule has 0 atom stereocenters. The maximum Gasteiger partial charge on any atom is 0.416 e. The maximum atomic E-state index is 13.6.